The third-order valence-electron chi connectivity index (χ3n) is 4.92. The minimum Gasteiger partial charge on any atom is -0.378 e. The van der Waals surface area contributed by atoms with Gasteiger partial charge in [-0.2, -0.15) is 0 Å². The zero-order valence-electron chi connectivity index (χ0n) is 12.2. The van der Waals surface area contributed by atoms with Crippen LogP contribution in [0.1, 0.15) is 44.9 Å². The van der Waals surface area contributed by atoms with Gasteiger partial charge in [-0.05, 0) is 32.1 Å². The summed E-state index contributed by atoms with van der Waals surface area (Å²) in [6.07, 6.45) is 3.88. The number of hydrogen-bond acceptors (Lipinski definition) is 4. The van der Waals surface area contributed by atoms with Crippen molar-refractivity contribution in [3.05, 3.63) is 0 Å². The van der Waals surface area contributed by atoms with Crippen molar-refractivity contribution in [1.29, 1.82) is 0 Å². The lowest BCUT2D eigenvalue weighted by molar-refractivity contribution is -0.166. The zero-order valence-corrected chi connectivity index (χ0v) is 12.2. The van der Waals surface area contributed by atoms with E-state index < -0.39 is 11.6 Å². The molecule has 0 spiro atoms. The molecule has 0 radical (unpaired) electrons. The van der Waals surface area contributed by atoms with Crippen molar-refractivity contribution >= 4 is 17.6 Å². The third kappa shape index (κ3) is 2.57. The number of piperidine rings is 2. The van der Waals surface area contributed by atoms with Crippen LogP contribution in [0.5, 0.6) is 0 Å². The van der Waals surface area contributed by atoms with Crippen molar-refractivity contribution in [3.8, 4) is 0 Å². The summed E-state index contributed by atoms with van der Waals surface area (Å²) in [4.78, 5) is 40.1. The van der Waals surface area contributed by atoms with Gasteiger partial charge in [0, 0.05) is 25.9 Å². The smallest absolute Gasteiger partial charge is 0.256 e. The van der Waals surface area contributed by atoms with E-state index >= 15 is 0 Å². The summed E-state index contributed by atoms with van der Waals surface area (Å²) in [5.41, 5.74) is -1.51. The third-order valence-corrected chi connectivity index (χ3v) is 4.92. The van der Waals surface area contributed by atoms with Crippen molar-refractivity contribution in [1.82, 2.24) is 9.80 Å². The Morgan fingerprint density at radius 3 is 2.62 bits per heavy atom. The number of fused-ring (bicyclic) bond motifs is 3. The lowest BCUT2D eigenvalue weighted by Gasteiger charge is -2.44. The van der Waals surface area contributed by atoms with E-state index in [0.717, 1.165) is 6.42 Å². The number of amides is 2. The molecule has 0 aromatic rings. The van der Waals surface area contributed by atoms with Crippen LogP contribution in [0.4, 0.5) is 0 Å². The van der Waals surface area contributed by atoms with Crippen LogP contribution >= 0.6 is 0 Å². The van der Waals surface area contributed by atoms with Crippen LogP contribution in [0.3, 0.4) is 0 Å². The molecule has 2 unspecified atom stereocenters. The molecule has 3 aliphatic heterocycles. The SMILES string of the molecule is O=C1CCCN2CCCC(O)(CN3C(=O)CCCC13)C2=O. The van der Waals surface area contributed by atoms with Crippen LogP contribution in [0.2, 0.25) is 0 Å². The first-order valence-corrected chi connectivity index (χ1v) is 7.85. The molecule has 3 saturated heterocycles. The molecule has 21 heavy (non-hydrogen) atoms. The molecule has 2 bridgehead atoms. The normalized spacial score (nSPS) is 34.7. The molecule has 3 aliphatic rings. The van der Waals surface area contributed by atoms with Crippen LogP contribution < -0.4 is 0 Å². The van der Waals surface area contributed by atoms with Gasteiger partial charge >= 0.3 is 0 Å². The molecule has 6 nitrogen and oxygen atoms in total. The second-order valence-electron chi connectivity index (χ2n) is 6.43. The van der Waals surface area contributed by atoms with Crippen LogP contribution in [0.15, 0.2) is 0 Å². The molecule has 3 fully saturated rings. The Balaban J connectivity index is 1.92. The monoisotopic (exact) mass is 294 g/mol. The standard InChI is InChI=1S/C15H22N2O4/c18-12-5-2-8-16-9-3-7-15(21,14(16)20)10-17-11(12)4-1-6-13(17)19/h11,21H,1-10H2. The summed E-state index contributed by atoms with van der Waals surface area (Å²) in [6, 6.07) is -0.448. The summed E-state index contributed by atoms with van der Waals surface area (Å²) in [5.74, 6) is -0.320. The van der Waals surface area contributed by atoms with Gasteiger partial charge in [-0.25, -0.2) is 0 Å². The van der Waals surface area contributed by atoms with Gasteiger partial charge in [-0.3, -0.25) is 14.4 Å². The fourth-order valence-electron chi connectivity index (χ4n) is 3.77. The van der Waals surface area contributed by atoms with Gasteiger partial charge in [-0.1, -0.05) is 0 Å². The number of hydrogen-bond donors (Lipinski definition) is 1. The van der Waals surface area contributed by atoms with E-state index in [-0.39, 0.29) is 24.1 Å². The van der Waals surface area contributed by atoms with E-state index in [9.17, 15) is 19.5 Å². The first-order valence-electron chi connectivity index (χ1n) is 7.85. The van der Waals surface area contributed by atoms with Crippen LogP contribution in [0.25, 0.3) is 0 Å². The van der Waals surface area contributed by atoms with E-state index in [2.05, 4.69) is 0 Å². The fraction of sp³-hybridized carbons (Fsp3) is 0.800. The maximum atomic E-state index is 12.5. The quantitative estimate of drug-likeness (QED) is 0.686. The highest BCUT2D eigenvalue weighted by Gasteiger charge is 2.47. The molecule has 116 valence electrons. The summed E-state index contributed by atoms with van der Waals surface area (Å²) in [7, 11) is 0. The van der Waals surface area contributed by atoms with Gasteiger partial charge in [0.05, 0.1) is 12.6 Å². The second-order valence-corrected chi connectivity index (χ2v) is 6.43. The average Bonchev–Trinajstić information content (AvgIpc) is 2.45. The molecule has 2 amide bonds. The summed E-state index contributed by atoms with van der Waals surface area (Å²) >= 11 is 0. The molecule has 0 saturated carbocycles. The maximum Gasteiger partial charge on any atom is 0.256 e. The number of nitrogens with zero attached hydrogens (tertiary/aromatic N) is 2. The number of Topliss-reactive ketones (excluding diaryl/α,β-unsaturated/α-hetero) is 1. The number of carbonyl (C=O) groups excluding carboxylic acids is 3. The molecular weight excluding hydrogens is 272 g/mol. The van der Waals surface area contributed by atoms with Crippen molar-refractivity contribution < 1.29 is 19.5 Å². The Morgan fingerprint density at radius 1 is 1.05 bits per heavy atom. The van der Waals surface area contributed by atoms with Gasteiger partial charge in [-0.15, -0.1) is 0 Å². The summed E-state index contributed by atoms with van der Waals surface area (Å²) < 4.78 is 0. The summed E-state index contributed by atoms with van der Waals surface area (Å²) in [6.45, 7) is 1.12. The number of ketones is 1. The van der Waals surface area contributed by atoms with E-state index in [1.807, 2.05) is 0 Å². The largest absolute Gasteiger partial charge is 0.378 e. The fourth-order valence-corrected chi connectivity index (χ4v) is 3.77. The van der Waals surface area contributed by atoms with E-state index in [4.69, 9.17) is 0 Å². The first kappa shape index (κ1) is 14.5. The lowest BCUT2D eigenvalue weighted by Crippen LogP contribution is -2.62. The molecule has 3 rings (SSSR count). The lowest BCUT2D eigenvalue weighted by atomic mass is 9.87. The average molecular weight is 294 g/mol. The number of aliphatic hydroxyl groups is 1. The first-order chi connectivity index (χ1) is 10.0. The Labute approximate surface area is 124 Å². The van der Waals surface area contributed by atoms with Gasteiger partial charge in [0.15, 0.2) is 11.4 Å². The van der Waals surface area contributed by atoms with Gasteiger partial charge in [0.1, 0.15) is 0 Å². The Kier molecular flexibility index (Phi) is 3.73. The van der Waals surface area contributed by atoms with E-state index in [1.54, 1.807) is 4.90 Å². The molecule has 1 N–H and O–H groups in total. The second kappa shape index (κ2) is 5.40. The van der Waals surface area contributed by atoms with E-state index in [1.165, 1.54) is 4.90 Å². The Bertz CT molecular complexity index is 478. The highest BCUT2D eigenvalue weighted by atomic mass is 16.3. The minimum atomic E-state index is -1.51. The van der Waals surface area contributed by atoms with Crippen molar-refractivity contribution in [2.45, 2.75) is 56.6 Å². The molecule has 0 aliphatic carbocycles. The maximum absolute atomic E-state index is 12.5. The summed E-state index contributed by atoms with van der Waals surface area (Å²) in [5, 5.41) is 10.7. The van der Waals surface area contributed by atoms with Gasteiger partial charge in [0.25, 0.3) is 5.91 Å². The molecule has 6 heteroatoms. The topological polar surface area (TPSA) is 77.9 Å². The molecule has 0 aromatic heterocycles. The predicted molar refractivity (Wildman–Crippen MR) is 74.4 cm³/mol. The van der Waals surface area contributed by atoms with Crippen LogP contribution in [0, 0.1) is 0 Å². The highest BCUT2D eigenvalue weighted by Crippen LogP contribution is 2.29. The van der Waals surface area contributed by atoms with Crippen LogP contribution in [-0.2, 0) is 14.4 Å². The molecule has 2 atom stereocenters. The zero-order chi connectivity index (χ0) is 15.0. The van der Waals surface area contributed by atoms with Crippen molar-refractivity contribution in [2.24, 2.45) is 0 Å². The number of rotatable bonds is 0. The van der Waals surface area contributed by atoms with Crippen molar-refractivity contribution in [2.75, 3.05) is 19.6 Å². The predicted octanol–water partition coefficient (Wildman–Crippen LogP) is 0.0839. The van der Waals surface area contributed by atoms with Crippen molar-refractivity contribution in [3.63, 3.8) is 0 Å². The highest BCUT2D eigenvalue weighted by molar-refractivity contribution is 5.92. The van der Waals surface area contributed by atoms with E-state index in [0.29, 0.717) is 51.6 Å². The van der Waals surface area contributed by atoms with Gasteiger partial charge in [0.2, 0.25) is 5.91 Å². The van der Waals surface area contributed by atoms with Crippen LogP contribution in [-0.4, -0.2) is 63.8 Å². The molecule has 0 aromatic carbocycles. The Morgan fingerprint density at radius 2 is 1.81 bits per heavy atom. The number of carbonyl (C=O) groups is 3. The molecule has 3 heterocycles. The Hall–Kier alpha value is -1.43. The van der Waals surface area contributed by atoms with Gasteiger partial charge < -0.3 is 14.9 Å². The molecular formula is C15H22N2O4. The minimum absolute atomic E-state index is 0.0302.